The number of nitrogens with one attached hydrogen (secondary N) is 2. The Bertz CT molecular complexity index is 478. The molecule has 0 aromatic carbocycles. The van der Waals surface area contributed by atoms with Gasteiger partial charge in [-0.25, -0.2) is 4.98 Å². The monoisotopic (exact) mass is 303 g/mol. The number of carbonyl (C=O) groups excluding carboxylic acids is 2. The molecule has 2 amide bonds. The molecular weight excluding hydrogens is 289 g/mol. The Morgan fingerprint density at radius 2 is 2.00 bits per heavy atom. The van der Waals surface area contributed by atoms with Gasteiger partial charge >= 0.3 is 0 Å². The summed E-state index contributed by atoms with van der Waals surface area (Å²) in [5.74, 6) is -0.306. The lowest BCUT2D eigenvalue weighted by Crippen LogP contribution is -2.38. The van der Waals surface area contributed by atoms with Crippen molar-refractivity contribution in [3.63, 3.8) is 0 Å². The summed E-state index contributed by atoms with van der Waals surface area (Å²) in [4.78, 5) is 26.9. The largest absolute Gasteiger partial charge is 0.354 e. The molecule has 7 heteroatoms. The van der Waals surface area contributed by atoms with E-state index in [0.717, 1.165) is 0 Å². The zero-order valence-corrected chi connectivity index (χ0v) is 12.2. The zero-order valence-electron chi connectivity index (χ0n) is 10.7. The third kappa shape index (κ3) is 5.44. The molecule has 0 saturated heterocycles. The van der Waals surface area contributed by atoms with Crippen LogP contribution in [0.2, 0.25) is 10.2 Å². The summed E-state index contributed by atoms with van der Waals surface area (Å²) in [6.45, 7) is 4.45. The fraction of sp³-hybridized carbons (Fsp3) is 0.417. The van der Waals surface area contributed by atoms with Gasteiger partial charge in [0.15, 0.2) is 0 Å². The average molecular weight is 304 g/mol. The molecule has 2 N–H and O–H groups in total. The molecule has 1 rings (SSSR count). The van der Waals surface area contributed by atoms with Crippen molar-refractivity contribution in [2.24, 2.45) is 5.92 Å². The van der Waals surface area contributed by atoms with E-state index in [0.29, 0.717) is 12.5 Å². The van der Waals surface area contributed by atoms with Crippen LogP contribution in [0.3, 0.4) is 0 Å². The first-order valence-corrected chi connectivity index (χ1v) is 6.51. The summed E-state index contributed by atoms with van der Waals surface area (Å²) >= 11 is 11.4. The number of carbonyl (C=O) groups is 2. The van der Waals surface area contributed by atoms with Gasteiger partial charge in [0.05, 0.1) is 17.1 Å². The van der Waals surface area contributed by atoms with Crippen molar-refractivity contribution in [3.8, 4) is 0 Å². The van der Waals surface area contributed by atoms with Crippen LogP contribution < -0.4 is 10.6 Å². The molecule has 5 nitrogen and oxygen atoms in total. The molecule has 1 heterocycles. The van der Waals surface area contributed by atoms with Crippen molar-refractivity contribution in [3.05, 3.63) is 28.0 Å². The molecule has 0 fully saturated rings. The molecule has 0 saturated carbocycles. The van der Waals surface area contributed by atoms with Crippen LogP contribution in [0.5, 0.6) is 0 Å². The second kappa shape index (κ2) is 7.31. The number of rotatable bonds is 5. The molecule has 1 aromatic rings. The highest BCUT2D eigenvalue weighted by molar-refractivity contribution is 6.41. The third-order valence-electron chi connectivity index (χ3n) is 2.18. The maximum absolute atomic E-state index is 11.7. The van der Waals surface area contributed by atoms with Gasteiger partial charge in [0.2, 0.25) is 5.91 Å². The summed E-state index contributed by atoms with van der Waals surface area (Å²) in [7, 11) is 0. The molecule has 0 radical (unpaired) electrons. The highest BCUT2D eigenvalue weighted by Crippen LogP contribution is 2.19. The molecule has 104 valence electrons. The van der Waals surface area contributed by atoms with Gasteiger partial charge < -0.3 is 10.6 Å². The molecule has 1 aromatic heterocycles. The quantitative estimate of drug-likeness (QED) is 0.816. The average Bonchev–Trinajstić information content (AvgIpc) is 2.36. The molecular formula is C12H15Cl2N3O2. The maximum atomic E-state index is 11.7. The Kier molecular flexibility index (Phi) is 6.05. The van der Waals surface area contributed by atoms with Crippen LogP contribution in [-0.4, -0.2) is 29.9 Å². The summed E-state index contributed by atoms with van der Waals surface area (Å²) in [6.07, 6.45) is 1.30. The molecule has 0 aliphatic rings. The van der Waals surface area contributed by atoms with E-state index in [2.05, 4.69) is 15.6 Å². The number of hydrogen-bond acceptors (Lipinski definition) is 3. The minimum atomic E-state index is -0.425. The standard InChI is InChI=1S/C12H15Cl2N3O2/c1-7(2)4-15-10(18)6-17-12(19)8-3-9(13)11(14)16-5-8/h3,5,7H,4,6H2,1-2H3,(H,15,18)(H,17,19). The van der Waals surface area contributed by atoms with Crippen LogP contribution in [-0.2, 0) is 4.79 Å². The van der Waals surface area contributed by atoms with Crippen molar-refractivity contribution in [1.29, 1.82) is 0 Å². The Hall–Kier alpha value is -1.33. The highest BCUT2D eigenvalue weighted by Gasteiger charge is 2.10. The van der Waals surface area contributed by atoms with Crippen LogP contribution in [0.15, 0.2) is 12.3 Å². The van der Waals surface area contributed by atoms with E-state index in [9.17, 15) is 9.59 Å². The van der Waals surface area contributed by atoms with E-state index in [-0.39, 0.29) is 28.2 Å². The fourth-order valence-corrected chi connectivity index (χ4v) is 1.46. The molecule has 0 spiro atoms. The van der Waals surface area contributed by atoms with Crippen molar-refractivity contribution >= 4 is 35.0 Å². The van der Waals surface area contributed by atoms with Crippen molar-refractivity contribution < 1.29 is 9.59 Å². The van der Waals surface area contributed by atoms with Gasteiger partial charge in [-0.15, -0.1) is 0 Å². The minimum Gasteiger partial charge on any atom is -0.354 e. The van der Waals surface area contributed by atoms with E-state index >= 15 is 0 Å². The second-order valence-electron chi connectivity index (χ2n) is 4.38. The van der Waals surface area contributed by atoms with Gasteiger partial charge in [-0.3, -0.25) is 9.59 Å². The van der Waals surface area contributed by atoms with E-state index < -0.39 is 5.91 Å². The number of amides is 2. The van der Waals surface area contributed by atoms with Gasteiger partial charge in [-0.05, 0) is 12.0 Å². The van der Waals surface area contributed by atoms with Gasteiger partial charge in [-0.2, -0.15) is 0 Å². The molecule has 0 aliphatic carbocycles. The highest BCUT2D eigenvalue weighted by atomic mass is 35.5. The van der Waals surface area contributed by atoms with Gasteiger partial charge in [0, 0.05) is 12.7 Å². The van der Waals surface area contributed by atoms with E-state index in [1.807, 2.05) is 13.8 Å². The summed E-state index contributed by atoms with van der Waals surface area (Å²) in [5, 5.41) is 5.49. The number of aromatic nitrogens is 1. The Balaban J connectivity index is 2.47. The van der Waals surface area contributed by atoms with Gasteiger partial charge in [0.1, 0.15) is 5.15 Å². The number of nitrogens with zero attached hydrogens (tertiary/aromatic N) is 1. The number of halogens is 2. The predicted octanol–water partition coefficient (Wildman–Crippen LogP) is 1.89. The Labute approximate surface area is 121 Å². The van der Waals surface area contributed by atoms with Crippen molar-refractivity contribution in [2.75, 3.05) is 13.1 Å². The molecule has 0 aliphatic heterocycles. The first-order chi connectivity index (χ1) is 8.90. The number of hydrogen-bond donors (Lipinski definition) is 2. The molecule has 0 unspecified atom stereocenters. The van der Waals surface area contributed by atoms with Gasteiger partial charge in [0.25, 0.3) is 5.91 Å². The van der Waals surface area contributed by atoms with E-state index in [4.69, 9.17) is 23.2 Å². The lowest BCUT2D eigenvalue weighted by Gasteiger charge is -2.08. The van der Waals surface area contributed by atoms with Crippen LogP contribution in [0.1, 0.15) is 24.2 Å². The van der Waals surface area contributed by atoms with E-state index in [1.54, 1.807) is 0 Å². The third-order valence-corrected chi connectivity index (χ3v) is 2.86. The van der Waals surface area contributed by atoms with Crippen LogP contribution in [0.25, 0.3) is 0 Å². The Morgan fingerprint density at radius 3 is 2.58 bits per heavy atom. The predicted molar refractivity (Wildman–Crippen MR) is 74.4 cm³/mol. The minimum absolute atomic E-state index is 0.0915. The van der Waals surface area contributed by atoms with Gasteiger partial charge in [-0.1, -0.05) is 37.0 Å². The zero-order chi connectivity index (χ0) is 14.4. The van der Waals surface area contributed by atoms with Crippen LogP contribution in [0.4, 0.5) is 0 Å². The smallest absolute Gasteiger partial charge is 0.253 e. The molecule has 19 heavy (non-hydrogen) atoms. The second-order valence-corrected chi connectivity index (χ2v) is 5.14. The summed E-state index contributed by atoms with van der Waals surface area (Å²) in [5.41, 5.74) is 0.256. The van der Waals surface area contributed by atoms with Crippen LogP contribution >= 0.6 is 23.2 Å². The maximum Gasteiger partial charge on any atom is 0.253 e. The first kappa shape index (κ1) is 15.7. The number of pyridine rings is 1. The fourth-order valence-electron chi connectivity index (χ4n) is 1.19. The SMILES string of the molecule is CC(C)CNC(=O)CNC(=O)c1cnc(Cl)c(Cl)c1. The van der Waals surface area contributed by atoms with E-state index in [1.165, 1.54) is 12.3 Å². The molecule has 0 atom stereocenters. The molecule has 0 bridgehead atoms. The lowest BCUT2D eigenvalue weighted by atomic mass is 10.2. The topological polar surface area (TPSA) is 71.1 Å². The normalized spacial score (nSPS) is 10.4. The van der Waals surface area contributed by atoms with Crippen LogP contribution in [0, 0.1) is 5.92 Å². The summed E-state index contributed by atoms with van der Waals surface area (Å²) in [6, 6.07) is 1.40. The lowest BCUT2D eigenvalue weighted by molar-refractivity contribution is -0.120. The van der Waals surface area contributed by atoms with Crippen molar-refractivity contribution in [2.45, 2.75) is 13.8 Å². The Morgan fingerprint density at radius 1 is 1.32 bits per heavy atom. The summed E-state index contributed by atoms with van der Waals surface area (Å²) < 4.78 is 0. The first-order valence-electron chi connectivity index (χ1n) is 5.76. The van der Waals surface area contributed by atoms with Crippen molar-refractivity contribution in [1.82, 2.24) is 15.6 Å².